The predicted octanol–water partition coefficient (Wildman–Crippen LogP) is 3.81. The fourth-order valence-electron chi connectivity index (χ4n) is 1.54. The summed E-state index contributed by atoms with van der Waals surface area (Å²) in [6.07, 6.45) is 2.08. The number of fused-ring (bicyclic) bond motifs is 1. The van der Waals surface area contributed by atoms with Crippen LogP contribution in [0.15, 0.2) is 42.5 Å². The minimum atomic E-state index is -0.693. The number of phenolic OH excluding ortho intramolecular Hbond substituents is 1. The van der Waals surface area contributed by atoms with Crippen LogP contribution in [-0.4, -0.2) is 16.2 Å². The summed E-state index contributed by atoms with van der Waals surface area (Å²) in [6.45, 7) is 1.98. The lowest BCUT2D eigenvalue weighted by Crippen LogP contribution is -1.91. The first-order chi connectivity index (χ1) is 8.65. The number of aromatic hydroxyl groups is 1. The van der Waals surface area contributed by atoms with Crippen molar-refractivity contribution in [3.63, 3.8) is 0 Å². The van der Waals surface area contributed by atoms with Crippen molar-refractivity contribution in [3.8, 4) is 5.75 Å². The largest absolute Gasteiger partial charge is 0.507 e. The standard InChI is InChI=1S/C10H8O.C5H10O2/c11-10-7-3-5-8-4-1-2-6-9(8)10;1-2-3-4-5(6)7/h1-7,11H;2-4H2,1H3,(H,6,7). The van der Waals surface area contributed by atoms with Gasteiger partial charge in [-0.1, -0.05) is 49.7 Å². The maximum Gasteiger partial charge on any atom is 0.303 e. The Hall–Kier alpha value is -2.03. The Morgan fingerprint density at radius 3 is 2.33 bits per heavy atom. The average molecular weight is 246 g/mol. The number of hydrogen-bond donors (Lipinski definition) is 2. The Morgan fingerprint density at radius 1 is 1.11 bits per heavy atom. The molecule has 0 bridgehead atoms. The summed E-state index contributed by atoms with van der Waals surface area (Å²) in [5.41, 5.74) is 0. The van der Waals surface area contributed by atoms with E-state index in [4.69, 9.17) is 5.11 Å². The minimum Gasteiger partial charge on any atom is -0.507 e. The number of carboxylic acids is 1. The van der Waals surface area contributed by atoms with Gasteiger partial charge in [0.1, 0.15) is 5.75 Å². The third-order valence-electron chi connectivity index (χ3n) is 2.51. The molecule has 0 spiro atoms. The maximum atomic E-state index is 9.76. The molecule has 0 aliphatic carbocycles. The third kappa shape index (κ3) is 4.45. The van der Waals surface area contributed by atoms with Gasteiger partial charge in [-0.2, -0.15) is 0 Å². The Bertz CT molecular complexity index is 501. The Morgan fingerprint density at radius 2 is 1.78 bits per heavy atom. The van der Waals surface area contributed by atoms with Crippen LogP contribution in [0.1, 0.15) is 26.2 Å². The molecule has 0 aromatic heterocycles. The van der Waals surface area contributed by atoms with Crippen LogP contribution < -0.4 is 0 Å². The zero-order valence-corrected chi connectivity index (χ0v) is 10.5. The van der Waals surface area contributed by atoms with Crippen molar-refractivity contribution < 1.29 is 15.0 Å². The van der Waals surface area contributed by atoms with Gasteiger partial charge in [-0.3, -0.25) is 4.79 Å². The van der Waals surface area contributed by atoms with Crippen LogP contribution in [0.25, 0.3) is 10.8 Å². The van der Waals surface area contributed by atoms with E-state index in [9.17, 15) is 9.90 Å². The van der Waals surface area contributed by atoms with E-state index >= 15 is 0 Å². The van der Waals surface area contributed by atoms with Crippen LogP contribution in [0.4, 0.5) is 0 Å². The number of benzene rings is 2. The zero-order valence-electron chi connectivity index (χ0n) is 10.5. The topological polar surface area (TPSA) is 57.5 Å². The van der Waals surface area contributed by atoms with Crippen molar-refractivity contribution in [1.82, 2.24) is 0 Å². The number of aliphatic carboxylic acids is 1. The van der Waals surface area contributed by atoms with E-state index in [1.165, 1.54) is 0 Å². The molecule has 0 aliphatic rings. The molecule has 0 radical (unpaired) electrons. The predicted molar refractivity (Wildman–Crippen MR) is 72.8 cm³/mol. The second-order valence-electron chi connectivity index (χ2n) is 4.00. The number of unbranched alkanes of at least 4 members (excludes halogenated alkanes) is 1. The van der Waals surface area contributed by atoms with Crippen molar-refractivity contribution >= 4 is 16.7 Å². The molecule has 0 amide bonds. The molecule has 0 heterocycles. The number of hydrogen-bond acceptors (Lipinski definition) is 2. The van der Waals surface area contributed by atoms with E-state index < -0.39 is 5.97 Å². The first-order valence-electron chi connectivity index (χ1n) is 6.03. The van der Waals surface area contributed by atoms with Gasteiger partial charge >= 0.3 is 5.97 Å². The molecule has 18 heavy (non-hydrogen) atoms. The van der Waals surface area contributed by atoms with Crippen LogP contribution in [0.2, 0.25) is 0 Å². The molecule has 0 fully saturated rings. The van der Waals surface area contributed by atoms with Crippen molar-refractivity contribution in [2.45, 2.75) is 26.2 Å². The van der Waals surface area contributed by atoms with Crippen LogP contribution >= 0.6 is 0 Å². The van der Waals surface area contributed by atoms with Crippen molar-refractivity contribution in [1.29, 1.82) is 0 Å². The molecule has 0 unspecified atom stereocenters. The third-order valence-corrected chi connectivity index (χ3v) is 2.51. The van der Waals surface area contributed by atoms with Crippen LogP contribution in [-0.2, 0) is 4.79 Å². The average Bonchev–Trinajstić information content (AvgIpc) is 2.38. The van der Waals surface area contributed by atoms with Gasteiger partial charge in [0.15, 0.2) is 0 Å². The van der Waals surface area contributed by atoms with Gasteiger partial charge in [-0.05, 0) is 17.9 Å². The summed E-state index contributed by atoms with van der Waals surface area (Å²) in [5.74, 6) is -0.343. The molecule has 2 N–H and O–H groups in total. The molecule has 0 atom stereocenters. The summed E-state index contributed by atoms with van der Waals surface area (Å²) in [5, 5.41) is 19.4. The van der Waals surface area contributed by atoms with E-state index in [1.54, 1.807) is 6.07 Å². The Labute approximate surface area is 107 Å². The second kappa shape index (κ2) is 7.33. The fraction of sp³-hybridized carbons (Fsp3) is 0.267. The molecule has 3 heteroatoms. The summed E-state index contributed by atoms with van der Waals surface area (Å²) in [7, 11) is 0. The molecule has 0 aliphatic heterocycles. The number of rotatable bonds is 3. The van der Waals surface area contributed by atoms with Crippen molar-refractivity contribution in [2.75, 3.05) is 0 Å². The first kappa shape index (κ1) is 14.0. The summed E-state index contributed by atoms with van der Waals surface area (Å²) >= 11 is 0. The lowest BCUT2D eigenvalue weighted by Gasteiger charge is -1.97. The molecule has 2 aromatic carbocycles. The summed E-state index contributed by atoms with van der Waals surface area (Å²) < 4.78 is 0. The van der Waals surface area contributed by atoms with Gasteiger partial charge in [0.25, 0.3) is 0 Å². The minimum absolute atomic E-state index is 0.316. The van der Waals surface area contributed by atoms with Crippen LogP contribution in [0.3, 0.4) is 0 Å². The second-order valence-corrected chi connectivity index (χ2v) is 4.00. The SMILES string of the molecule is CCCCC(=O)O.Oc1cccc2ccccc12. The van der Waals surface area contributed by atoms with Gasteiger partial charge in [0.05, 0.1) is 0 Å². The van der Waals surface area contributed by atoms with Crippen molar-refractivity contribution in [2.24, 2.45) is 0 Å². The van der Waals surface area contributed by atoms with Gasteiger partial charge < -0.3 is 10.2 Å². The molecule has 3 nitrogen and oxygen atoms in total. The lowest BCUT2D eigenvalue weighted by atomic mass is 10.1. The highest BCUT2D eigenvalue weighted by Crippen LogP contribution is 2.22. The fourth-order valence-corrected chi connectivity index (χ4v) is 1.54. The van der Waals surface area contributed by atoms with E-state index in [0.717, 1.165) is 23.6 Å². The quantitative estimate of drug-likeness (QED) is 0.865. The molecule has 2 rings (SSSR count). The highest BCUT2D eigenvalue weighted by atomic mass is 16.4. The van der Waals surface area contributed by atoms with Gasteiger partial charge in [-0.25, -0.2) is 0 Å². The Balaban J connectivity index is 0.000000203. The Kier molecular flexibility index (Phi) is 5.71. The lowest BCUT2D eigenvalue weighted by molar-refractivity contribution is -0.137. The van der Waals surface area contributed by atoms with E-state index in [1.807, 2.05) is 43.3 Å². The molecule has 96 valence electrons. The maximum absolute atomic E-state index is 9.76. The van der Waals surface area contributed by atoms with Gasteiger partial charge in [0.2, 0.25) is 0 Å². The normalized spacial score (nSPS) is 9.61. The highest BCUT2D eigenvalue weighted by molar-refractivity contribution is 5.87. The van der Waals surface area contributed by atoms with Crippen molar-refractivity contribution in [3.05, 3.63) is 42.5 Å². The van der Waals surface area contributed by atoms with E-state index in [2.05, 4.69) is 0 Å². The first-order valence-corrected chi connectivity index (χ1v) is 6.03. The number of carboxylic acid groups (broad SMARTS) is 1. The highest BCUT2D eigenvalue weighted by Gasteiger charge is 1.94. The van der Waals surface area contributed by atoms with E-state index in [-0.39, 0.29) is 0 Å². The van der Waals surface area contributed by atoms with Gasteiger partial charge in [-0.15, -0.1) is 0 Å². The monoisotopic (exact) mass is 246 g/mol. The molecule has 0 saturated carbocycles. The summed E-state index contributed by atoms with van der Waals surface area (Å²) in [6, 6.07) is 13.3. The summed E-state index contributed by atoms with van der Waals surface area (Å²) in [4.78, 5) is 9.76. The smallest absolute Gasteiger partial charge is 0.303 e. The number of phenols is 1. The molecule has 2 aromatic rings. The molecule has 0 saturated heterocycles. The number of carbonyl (C=O) groups is 1. The zero-order chi connectivity index (χ0) is 13.4. The van der Waals surface area contributed by atoms with E-state index in [0.29, 0.717) is 12.2 Å². The van der Waals surface area contributed by atoms with Gasteiger partial charge in [0, 0.05) is 11.8 Å². The molecular weight excluding hydrogens is 228 g/mol. The van der Waals surface area contributed by atoms with Crippen LogP contribution in [0.5, 0.6) is 5.75 Å². The molecular formula is C15H18O3. The van der Waals surface area contributed by atoms with Crippen LogP contribution in [0, 0.1) is 0 Å².